The van der Waals surface area contributed by atoms with Crippen LogP contribution < -0.4 is 4.74 Å². The van der Waals surface area contributed by atoms with Crippen LogP contribution in [0.5, 0.6) is 5.75 Å². The highest BCUT2D eigenvalue weighted by atomic mass is 16.5. The maximum atomic E-state index is 8.85. The van der Waals surface area contributed by atoms with Crippen molar-refractivity contribution in [1.29, 1.82) is 5.26 Å². The third-order valence-corrected chi connectivity index (χ3v) is 1.89. The van der Waals surface area contributed by atoms with E-state index < -0.39 is 5.41 Å². The Hall–Kier alpha value is -1.56. The van der Waals surface area contributed by atoms with Crippen molar-refractivity contribution in [2.45, 2.75) is 19.3 Å². The minimum absolute atomic E-state index is 0.535. The first kappa shape index (κ1) is 9.53. The number of methoxy groups -OCH3 is 1. The summed E-state index contributed by atoms with van der Waals surface area (Å²) >= 11 is 0. The van der Waals surface area contributed by atoms with E-state index in [0.717, 1.165) is 5.69 Å². The van der Waals surface area contributed by atoms with Gasteiger partial charge in [-0.15, -0.1) is 0 Å². The normalized spacial score (nSPS) is 10.6. The Morgan fingerprint density at radius 2 is 2.15 bits per heavy atom. The molecule has 0 amide bonds. The molecule has 68 valence electrons. The Morgan fingerprint density at radius 1 is 1.46 bits per heavy atom. The molecule has 1 aromatic rings. The molecule has 0 unspecified atom stereocenters. The molecule has 0 aliphatic carbocycles. The van der Waals surface area contributed by atoms with Crippen molar-refractivity contribution in [2.24, 2.45) is 0 Å². The molecule has 13 heavy (non-hydrogen) atoms. The van der Waals surface area contributed by atoms with Crippen molar-refractivity contribution in [2.75, 3.05) is 7.11 Å². The summed E-state index contributed by atoms with van der Waals surface area (Å²) in [5.74, 6) is 0.706. The van der Waals surface area contributed by atoms with E-state index in [4.69, 9.17) is 10.00 Å². The Bertz CT molecular complexity index is 322. The summed E-state index contributed by atoms with van der Waals surface area (Å²) in [5, 5.41) is 8.85. The van der Waals surface area contributed by atoms with E-state index in [1.165, 1.54) is 0 Å². The quantitative estimate of drug-likeness (QED) is 0.691. The minimum Gasteiger partial charge on any atom is -0.495 e. The van der Waals surface area contributed by atoms with Gasteiger partial charge in [-0.3, -0.25) is 4.98 Å². The fourth-order valence-corrected chi connectivity index (χ4v) is 0.928. The number of aromatic nitrogens is 1. The number of pyridine rings is 1. The van der Waals surface area contributed by atoms with Crippen LogP contribution in [0.2, 0.25) is 0 Å². The molecule has 0 atom stereocenters. The smallest absolute Gasteiger partial charge is 0.137 e. The average Bonchev–Trinajstić information content (AvgIpc) is 2.18. The van der Waals surface area contributed by atoms with Gasteiger partial charge < -0.3 is 4.74 Å². The zero-order chi connectivity index (χ0) is 9.90. The van der Waals surface area contributed by atoms with Gasteiger partial charge in [-0.2, -0.15) is 5.26 Å². The zero-order valence-corrected chi connectivity index (χ0v) is 8.03. The lowest BCUT2D eigenvalue weighted by Gasteiger charge is -2.14. The Kier molecular flexibility index (Phi) is 2.52. The van der Waals surface area contributed by atoms with E-state index in [2.05, 4.69) is 11.1 Å². The van der Waals surface area contributed by atoms with Crippen LogP contribution in [-0.2, 0) is 5.41 Å². The topological polar surface area (TPSA) is 45.9 Å². The standard InChI is InChI=1S/C10H12N2O/c1-10(2,7-11)9-5-4-8(13-3)6-12-9/h4-6H,1-3H3. The van der Waals surface area contributed by atoms with E-state index >= 15 is 0 Å². The van der Waals surface area contributed by atoms with Crippen LogP contribution in [0.4, 0.5) is 0 Å². The number of nitriles is 1. The van der Waals surface area contributed by atoms with E-state index in [-0.39, 0.29) is 0 Å². The van der Waals surface area contributed by atoms with Gasteiger partial charge in [0.25, 0.3) is 0 Å². The van der Waals surface area contributed by atoms with Crippen LogP contribution in [0.1, 0.15) is 19.5 Å². The number of hydrogen-bond acceptors (Lipinski definition) is 3. The highest BCUT2D eigenvalue weighted by molar-refractivity contribution is 5.27. The van der Waals surface area contributed by atoms with Gasteiger partial charge in [0, 0.05) is 0 Å². The predicted molar refractivity (Wildman–Crippen MR) is 49.4 cm³/mol. The molecule has 0 radical (unpaired) electrons. The second-order valence-electron chi connectivity index (χ2n) is 3.32. The zero-order valence-electron chi connectivity index (χ0n) is 8.03. The Balaban J connectivity index is 3.00. The van der Waals surface area contributed by atoms with Gasteiger partial charge in [-0.25, -0.2) is 0 Å². The first-order valence-electron chi connectivity index (χ1n) is 4.02. The van der Waals surface area contributed by atoms with Crippen molar-refractivity contribution in [3.8, 4) is 11.8 Å². The van der Waals surface area contributed by atoms with Crippen LogP contribution >= 0.6 is 0 Å². The van der Waals surface area contributed by atoms with Gasteiger partial charge in [0.05, 0.1) is 30.5 Å². The minimum atomic E-state index is -0.535. The Labute approximate surface area is 78.0 Å². The SMILES string of the molecule is COc1ccc(C(C)(C)C#N)nc1. The number of nitrogens with zero attached hydrogens (tertiary/aromatic N) is 2. The molecule has 0 fully saturated rings. The lowest BCUT2D eigenvalue weighted by molar-refractivity contribution is 0.412. The van der Waals surface area contributed by atoms with Gasteiger partial charge in [0.2, 0.25) is 0 Å². The van der Waals surface area contributed by atoms with Crippen LogP contribution in [0.25, 0.3) is 0 Å². The van der Waals surface area contributed by atoms with Crippen LogP contribution in [-0.4, -0.2) is 12.1 Å². The summed E-state index contributed by atoms with van der Waals surface area (Å²) < 4.78 is 4.97. The first-order chi connectivity index (χ1) is 6.10. The third-order valence-electron chi connectivity index (χ3n) is 1.89. The molecule has 0 bridgehead atoms. The van der Waals surface area contributed by atoms with Gasteiger partial charge in [-0.05, 0) is 26.0 Å². The molecule has 0 saturated carbocycles. The van der Waals surface area contributed by atoms with Gasteiger partial charge >= 0.3 is 0 Å². The fourth-order valence-electron chi connectivity index (χ4n) is 0.928. The molecule has 0 saturated heterocycles. The molecule has 0 N–H and O–H groups in total. The Morgan fingerprint density at radius 3 is 2.54 bits per heavy atom. The molecular weight excluding hydrogens is 164 g/mol. The number of rotatable bonds is 2. The van der Waals surface area contributed by atoms with E-state index in [0.29, 0.717) is 5.75 Å². The van der Waals surface area contributed by atoms with Crippen LogP contribution in [0.15, 0.2) is 18.3 Å². The summed E-state index contributed by atoms with van der Waals surface area (Å²) in [6.07, 6.45) is 1.62. The molecule has 3 heteroatoms. The van der Waals surface area contributed by atoms with Crippen molar-refractivity contribution in [3.05, 3.63) is 24.0 Å². The maximum Gasteiger partial charge on any atom is 0.137 e. The lowest BCUT2D eigenvalue weighted by atomic mass is 9.91. The molecule has 0 spiro atoms. The summed E-state index contributed by atoms with van der Waals surface area (Å²) in [6.45, 7) is 3.67. The summed E-state index contributed by atoms with van der Waals surface area (Å²) in [6, 6.07) is 5.81. The number of ether oxygens (including phenoxy) is 1. The van der Waals surface area contributed by atoms with Gasteiger partial charge in [0.1, 0.15) is 5.75 Å². The highest BCUT2D eigenvalue weighted by Crippen LogP contribution is 2.21. The van der Waals surface area contributed by atoms with E-state index in [9.17, 15) is 0 Å². The maximum absolute atomic E-state index is 8.85. The molecule has 1 aromatic heterocycles. The summed E-state index contributed by atoms with van der Waals surface area (Å²) in [4.78, 5) is 4.14. The van der Waals surface area contributed by atoms with Crippen molar-refractivity contribution in [3.63, 3.8) is 0 Å². The largest absolute Gasteiger partial charge is 0.495 e. The highest BCUT2D eigenvalue weighted by Gasteiger charge is 2.20. The van der Waals surface area contributed by atoms with Crippen LogP contribution in [0.3, 0.4) is 0 Å². The molecule has 0 aliphatic rings. The lowest BCUT2D eigenvalue weighted by Crippen LogP contribution is -2.15. The van der Waals surface area contributed by atoms with Crippen molar-refractivity contribution >= 4 is 0 Å². The first-order valence-corrected chi connectivity index (χ1v) is 4.02. The number of hydrogen-bond donors (Lipinski definition) is 0. The molecular formula is C10H12N2O. The molecule has 0 aromatic carbocycles. The van der Waals surface area contributed by atoms with Gasteiger partial charge in [-0.1, -0.05) is 0 Å². The molecule has 0 aliphatic heterocycles. The van der Waals surface area contributed by atoms with Crippen molar-refractivity contribution in [1.82, 2.24) is 4.98 Å². The predicted octanol–water partition coefficient (Wildman–Crippen LogP) is 1.89. The summed E-state index contributed by atoms with van der Waals surface area (Å²) in [7, 11) is 1.59. The molecule has 3 nitrogen and oxygen atoms in total. The average molecular weight is 176 g/mol. The fraction of sp³-hybridized carbons (Fsp3) is 0.400. The van der Waals surface area contributed by atoms with Crippen LogP contribution in [0, 0.1) is 11.3 Å². The second-order valence-corrected chi connectivity index (χ2v) is 3.32. The molecule has 1 rings (SSSR count). The third kappa shape index (κ3) is 1.97. The summed E-state index contributed by atoms with van der Waals surface area (Å²) in [5.41, 5.74) is 0.225. The van der Waals surface area contributed by atoms with Gasteiger partial charge in [0.15, 0.2) is 0 Å². The monoisotopic (exact) mass is 176 g/mol. The second kappa shape index (κ2) is 3.44. The van der Waals surface area contributed by atoms with E-state index in [1.807, 2.05) is 19.9 Å². The van der Waals surface area contributed by atoms with Crippen molar-refractivity contribution < 1.29 is 4.74 Å². The molecule has 1 heterocycles. The van der Waals surface area contributed by atoms with E-state index in [1.54, 1.807) is 19.4 Å².